The Kier molecular flexibility index (Phi) is 6.60. The Bertz CT molecular complexity index is 1300. The lowest BCUT2D eigenvalue weighted by atomic mass is 9.99. The van der Waals surface area contributed by atoms with Crippen LogP contribution in [0.5, 0.6) is 0 Å². The fourth-order valence-corrected chi connectivity index (χ4v) is 4.50. The third-order valence-corrected chi connectivity index (χ3v) is 7.69. The average Bonchev–Trinajstić information content (AvgIpc) is 3.55. The second kappa shape index (κ2) is 8.84. The van der Waals surface area contributed by atoms with E-state index in [-0.39, 0.29) is 39.3 Å². The summed E-state index contributed by atoms with van der Waals surface area (Å²) < 4.78 is 63.6. The summed E-state index contributed by atoms with van der Waals surface area (Å²) in [6.45, 7) is 3.10. The molecule has 0 aliphatic heterocycles. The summed E-state index contributed by atoms with van der Waals surface area (Å²) in [5.74, 6) is 0.0680. The largest absolute Gasteiger partial charge is 0.434 e. The average molecular weight is 497 g/mol. The van der Waals surface area contributed by atoms with Crippen LogP contribution in [-0.4, -0.2) is 49.3 Å². The number of carbonyl (C=O) groups is 1. The van der Waals surface area contributed by atoms with Gasteiger partial charge in [0.05, 0.1) is 38.9 Å². The molecule has 182 valence electrons. The van der Waals surface area contributed by atoms with Crippen LogP contribution in [0.4, 0.5) is 13.2 Å². The maximum atomic E-state index is 13.6. The van der Waals surface area contributed by atoms with Crippen LogP contribution in [-0.2, 0) is 31.8 Å². The molecule has 2 aromatic heterocycles. The number of hydrogen-bond acceptors (Lipinski definition) is 7. The minimum Gasteiger partial charge on any atom is -0.329 e. The molecule has 0 bridgehead atoms. The van der Waals surface area contributed by atoms with Crippen molar-refractivity contribution in [3.05, 3.63) is 34.9 Å². The fraction of sp³-hybridized carbons (Fsp3) is 0.429. The molecule has 1 atom stereocenters. The molecule has 3 rings (SSSR count). The van der Waals surface area contributed by atoms with Gasteiger partial charge in [0.2, 0.25) is 6.41 Å². The highest BCUT2D eigenvalue weighted by Gasteiger charge is 2.46. The van der Waals surface area contributed by atoms with E-state index < -0.39 is 27.0 Å². The molecule has 0 saturated heterocycles. The van der Waals surface area contributed by atoms with Crippen molar-refractivity contribution in [3.63, 3.8) is 0 Å². The standard InChI is InChI=1S/C21H23F3N6O3S/c1-5-34(26,32)16-8-14(20(11-25)6-7-20)10-27-18(16)19-28-15(13(2)29(19)3)9-17(21(22,23)24)30(12-31)33-4/h8-10,12,26H,5-7H2,1-4H3/b17-9-. The third-order valence-electron chi connectivity index (χ3n) is 5.85. The van der Waals surface area contributed by atoms with Crippen molar-refractivity contribution >= 4 is 22.2 Å². The van der Waals surface area contributed by atoms with Gasteiger partial charge in [-0.1, -0.05) is 6.92 Å². The first-order chi connectivity index (χ1) is 15.8. The Hall–Kier alpha value is -3.24. The number of pyridine rings is 1. The van der Waals surface area contributed by atoms with Crippen molar-refractivity contribution in [2.75, 3.05) is 12.9 Å². The number of alkyl halides is 3. The molecule has 0 radical (unpaired) electrons. The Morgan fingerprint density at radius 3 is 2.59 bits per heavy atom. The lowest BCUT2D eigenvalue weighted by molar-refractivity contribution is -0.182. The van der Waals surface area contributed by atoms with E-state index in [1.807, 2.05) is 0 Å². The number of halogens is 3. The number of hydroxylamine groups is 2. The lowest BCUT2D eigenvalue weighted by Gasteiger charge is -2.19. The van der Waals surface area contributed by atoms with E-state index >= 15 is 0 Å². The van der Waals surface area contributed by atoms with Crippen molar-refractivity contribution < 1.29 is 27.0 Å². The number of nitriles is 1. The number of rotatable bonds is 8. The summed E-state index contributed by atoms with van der Waals surface area (Å²) in [4.78, 5) is 24.3. The highest BCUT2D eigenvalue weighted by Crippen LogP contribution is 2.48. The molecule has 0 aromatic carbocycles. The number of imidazole rings is 1. The first-order valence-electron chi connectivity index (χ1n) is 10.1. The number of amides is 1. The molecule has 34 heavy (non-hydrogen) atoms. The van der Waals surface area contributed by atoms with Gasteiger partial charge >= 0.3 is 6.18 Å². The lowest BCUT2D eigenvalue weighted by Crippen LogP contribution is -2.29. The fourth-order valence-electron chi connectivity index (χ4n) is 3.42. The number of nitrogens with one attached hydrogen (secondary N) is 1. The van der Waals surface area contributed by atoms with Crippen LogP contribution in [0.15, 0.2) is 22.9 Å². The molecule has 1 N–H and O–H groups in total. The van der Waals surface area contributed by atoms with Gasteiger partial charge in [-0.15, -0.1) is 0 Å². The van der Waals surface area contributed by atoms with Gasteiger partial charge in [-0.05, 0) is 37.5 Å². The Morgan fingerprint density at radius 2 is 2.12 bits per heavy atom. The monoisotopic (exact) mass is 496 g/mol. The van der Waals surface area contributed by atoms with Crippen LogP contribution in [0.2, 0.25) is 0 Å². The molecule has 1 fully saturated rings. The highest BCUT2D eigenvalue weighted by atomic mass is 32.2. The van der Waals surface area contributed by atoms with Gasteiger partial charge in [-0.25, -0.2) is 14.0 Å². The van der Waals surface area contributed by atoms with Crippen LogP contribution < -0.4 is 0 Å². The first kappa shape index (κ1) is 25.4. The van der Waals surface area contributed by atoms with Crippen molar-refractivity contribution in [2.45, 2.75) is 43.2 Å². The van der Waals surface area contributed by atoms with Crippen molar-refractivity contribution in [3.8, 4) is 17.6 Å². The molecule has 2 heterocycles. The predicted octanol–water partition coefficient (Wildman–Crippen LogP) is 3.69. The number of carbonyl (C=O) groups excluding carboxylic acids is 1. The molecule has 1 amide bonds. The molecular weight excluding hydrogens is 473 g/mol. The van der Waals surface area contributed by atoms with Crippen LogP contribution in [0, 0.1) is 23.0 Å². The van der Waals surface area contributed by atoms with Gasteiger partial charge in [0.1, 0.15) is 5.69 Å². The number of hydrogen-bond donors (Lipinski definition) is 1. The maximum Gasteiger partial charge on any atom is 0.434 e. The molecule has 1 aliphatic rings. The predicted molar refractivity (Wildman–Crippen MR) is 116 cm³/mol. The molecule has 1 unspecified atom stereocenters. The second-order valence-corrected chi connectivity index (χ2v) is 10.2. The van der Waals surface area contributed by atoms with E-state index in [2.05, 4.69) is 20.9 Å². The van der Waals surface area contributed by atoms with E-state index in [1.165, 1.54) is 23.8 Å². The smallest absolute Gasteiger partial charge is 0.329 e. The zero-order valence-corrected chi connectivity index (χ0v) is 19.8. The van der Waals surface area contributed by atoms with Crippen molar-refractivity contribution in [2.24, 2.45) is 7.05 Å². The number of allylic oxidation sites excluding steroid dienone is 1. The summed E-state index contributed by atoms with van der Waals surface area (Å²) in [6, 6.07) is 3.76. The van der Waals surface area contributed by atoms with Gasteiger partial charge in [-0.2, -0.15) is 23.5 Å². The number of aromatic nitrogens is 3. The van der Waals surface area contributed by atoms with Gasteiger partial charge in [0.25, 0.3) is 0 Å². The quantitative estimate of drug-likeness (QED) is 0.439. The molecule has 2 aromatic rings. The van der Waals surface area contributed by atoms with E-state index in [9.17, 15) is 27.4 Å². The summed E-state index contributed by atoms with van der Waals surface area (Å²) in [5.41, 5.74) is -1.29. The Balaban J connectivity index is 2.24. The molecule has 1 saturated carbocycles. The van der Waals surface area contributed by atoms with E-state index in [0.29, 0.717) is 30.2 Å². The molecular formula is C21H23F3N6O3S. The number of nitrogens with zero attached hydrogens (tertiary/aromatic N) is 5. The summed E-state index contributed by atoms with van der Waals surface area (Å²) in [5, 5.41) is 9.55. The second-order valence-electron chi connectivity index (χ2n) is 7.83. The van der Waals surface area contributed by atoms with Gasteiger partial charge < -0.3 is 4.57 Å². The molecule has 0 spiro atoms. The zero-order chi connectivity index (χ0) is 25.5. The summed E-state index contributed by atoms with van der Waals surface area (Å²) in [6.07, 6.45) is -1.66. The minimum absolute atomic E-state index is 0.0266. The van der Waals surface area contributed by atoms with Crippen LogP contribution in [0.25, 0.3) is 17.6 Å². The Morgan fingerprint density at radius 1 is 1.47 bits per heavy atom. The molecule has 9 nitrogen and oxygen atoms in total. The van der Waals surface area contributed by atoms with Crippen LogP contribution >= 0.6 is 0 Å². The molecule has 1 aliphatic carbocycles. The summed E-state index contributed by atoms with van der Waals surface area (Å²) >= 11 is 0. The zero-order valence-electron chi connectivity index (χ0n) is 18.9. The highest BCUT2D eigenvalue weighted by molar-refractivity contribution is 7.92. The summed E-state index contributed by atoms with van der Waals surface area (Å²) in [7, 11) is -0.854. The maximum absolute atomic E-state index is 13.6. The van der Waals surface area contributed by atoms with Gasteiger partial charge in [0.15, 0.2) is 11.5 Å². The normalized spacial score (nSPS) is 17.1. The molecule has 13 heteroatoms. The van der Waals surface area contributed by atoms with E-state index in [4.69, 9.17) is 4.78 Å². The van der Waals surface area contributed by atoms with Crippen LogP contribution in [0.3, 0.4) is 0 Å². The van der Waals surface area contributed by atoms with E-state index in [0.717, 1.165) is 7.11 Å². The van der Waals surface area contributed by atoms with Crippen LogP contribution in [0.1, 0.15) is 36.7 Å². The van der Waals surface area contributed by atoms with Crippen molar-refractivity contribution in [1.82, 2.24) is 19.6 Å². The third kappa shape index (κ3) is 4.43. The minimum atomic E-state index is -4.92. The van der Waals surface area contributed by atoms with Gasteiger partial charge in [0, 0.05) is 24.7 Å². The first-order valence-corrected chi connectivity index (χ1v) is 11.9. The SMILES string of the molecule is CCS(=N)(=O)c1cc(C2(C#N)CC2)cnc1-c1nc(/C=C(\N(C=O)OC)C(F)(F)F)c(C)n1C. The van der Waals surface area contributed by atoms with E-state index in [1.54, 1.807) is 14.0 Å². The Labute approximate surface area is 194 Å². The van der Waals surface area contributed by atoms with Gasteiger partial charge in [-0.3, -0.25) is 14.6 Å². The van der Waals surface area contributed by atoms with Crippen molar-refractivity contribution in [1.29, 1.82) is 10.0 Å². The topological polar surface area (TPSA) is 125 Å².